The molecule has 1 saturated carbocycles. The van der Waals surface area contributed by atoms with Crippen LogP contribution in [0.3, 0.4) is 0 Å². The highest BCUT2D eigenvalue weighted by Gasteiger charge is 2.35. The van der Waals surface area contributed by atoms with Crippen molar-refractivity contribution in [1.82, 2.24) is 0 Å². The molecule has 2 rings (SSSR count). The van der Waals surface area contributed by atoms with Gasteiger partial charge in [0.1, 0.15) is 0 Å². The molecule has 1 aliphatic rings. The van der Waals surface area contributed by atoms with E-state index < -0.39 is 0 Å². The Balaban J connectivity index is 2.12. The molecule has 3 heteroatoms. The largest absolute Gasteiger partial charge is 0.398 e. The molecule has 0 heterocycles. The van der Waals surface area contributed by atoms with E-state index >= 15 is 0 Å². The maximum atomic E-state index is 5.83. The number of rotatable bonds is 3. The lowest BCUT2D eigenvalue weighted by molar-refractivity contribution is 0.774. The number of halogens is 1. The number of nitrogens with two attached hydrogens (primary N) is 1. The van der Waals surface area contributed by atoms with E-state index in [9.17, 15) is 0 Å². The van der Waals surface area contributed by atoms with Crippen LogP contribution in [0.4, 0.5) is 11.4 Å². The van der Waals surface area contributed by atoms with Gasteiger partial charge in [-0.1, -0.05) is 13.3 Å². The maximum Gasteiger partial charge on any atom is 0.0491 e. The normalized spacial score (nSPS) is 23.9. The fourth-order valence-electron chi connectivity index (χ4n) is 1.88. The molecular formula is C12H17BrN2. The number of anilines is 2. The van der Waals surface area contributed by atoms with Crippen molar-refractivity contribution < 1.29 is 0 Å². The lowest BCUT2D eigenvalue weighted by Crippen LogP contribution is -2.05. The van der Waals surface area contributed by atoms with E-state index in [1.54, 1.807) is 0 Å². The highest BCUT2D eigenvalue weighted by Crippen LogP contribution is 2.38. The van der Waals surface area contributed by atoms with Gasteiger partial charge in [0.05, 0.1) is 0 Å². The molecule has 1 fully saturated rings. The molecule has 0 bridgehead atoms. The molecule has 0 amide bonds. The summed E-state index contributed by atoms with van der Waals surface area (Å²) in [6.07, 6.45) is 2.57. The van der Waals surface area contributed by atoms with Crippen LogP contribution in [0, 0.1) is 12.8 Å². The Kier molecular flexibility index (Phi) is 2.91. The van der Waals surface area contributed by atoms with Gasteiger partial charge in [0, 0.05) is 21.9 Å². The summed E-state index contributed by atoms with van der Waals surface area (Å²) in [6.45, 7) is 4.28. The van der Waals surface area contributed by atoms with Crippen LogP contribution in [0.25, 0.3) is 0 Å². The van der Waals surface area contributed by atoms with E-state index in [1.165, 1.54) is 18.5 Å². The van der Waals surface area contributed by atoms with Gasteiger partial charge in [-0.2, -0.15) is 0 Å². The van der Waals surface area contributed by atoms with Crippen molar-refractivity contribution in [2.24, 2.45) is 5.92 Å². The summed E-state index contributed by atoms with van der Waals surface area (Å²) in [4.78, 5) is 0. The van der Waals surface area contributed by atoms with E-state index in [0.29, 0.717) is 6.04 Å². The number of aryl methyl sites for hydroxylation is 1. The highest BCUT2D eigenvalue weighted by atomic mass is 79.9. The van der Waals surface area contributed by atoms with Crippen molar-refractivity contribution >= 4 is 27.3 Å². The van der Waals surface area contributed by atoms with Gasteiger partial charge in [-0.3, -0.25) is 0 Å². The van der Waals surface area contributed by atoms with Crippen LogP contribution in [-0.2, 0) is 0 Å². The quantitative estimate of drug-likeness (QED) is 0.823. The third-order valence-electron chi connectivity index (χ3n) is 3.14. The Labute approximate surface area is 99.4 Å². The maximum absolute atomic E-state index is 5.83. The summed E-state index contributed by atoms with van der Waals surface area (Å²) in [5.74, 6) is 0.856. The molecule has 0 aliphatic heterocycles. The minimum absolute atomic E-state index is 0.661. The first-order valence-corrected chi connectivity index (χ1v) is 6.23. The van der Waals surface area contributed by atoms with Crippen LogP contribution in [0.1, 0.15) is 25.3 Å². The Bertz CT molecular complexity index is 376. The number of nitrogen functional groups attached to an aromatic ring is 1. The minimum Gasteiger partial charge on any atom is -0.398 e. The highest BCUT2D eigenvalue weighted by molar-refractivity contribution is 9.10. The third kappa shape index (κ3) is 2.28. The molecule has 15 heavy (non-hydrogen) atoms. The minimum atomic E-state index is 0.661. The van der Waals surface area contributed by atoms with Gasteiger partial charge in [0.25, 0.3) is 0 Å². The van der Waals surface area contributed by atoms with Crippen molar-refractivity contribution in [2.45, 2.75) is 32.7 Å². The van der Waals surface area contributed by atoms with Gasteiger partial charge < -0.3 is 11.1 Å². The van der Waals surface area contributed by atoms with Crippen LogP contribution < -0.4 is 11.1 Å². The molecule has 1 aromatic carbocycles. The lowest BCUT2D eigenvalue weighted by atomic mass is 10.2. The lowest BCUT2D eigenvalue weighted by Gasteiger charge is -2.10. The Hall–Kier alpha value is -0.700. The third-order valence-corrected chi connectivity index (χ3v) is 3.80. The topological polar surface area (TPSA) is 38.0 Å². The standard InChI is InChI=1S/C12H17BrN2/c1-3-8-5-11(8)15-12-4-7(2)10(14)6-9(12)13/h4,6,8,11,15H,3,5,14H2,1-2H3. The first-order chi connectivity index (χ1) is 7.11. The molecule has 3 N–H and O–H groups in total. The molecule has 82 valence electrons. The molecule has 0 saturated heterocycles. The zero-order chi connectivity index (χ0) is 11.0. The van der Waals surface area contributed by atoms with Gasteiger partial charge in [0.2, 0.25) is 0 Å². The van der Waals surface area contributed by atoms with Crippen molar-refractivity contribution in [3.63, 3.8) is 0 Å². The van der Waals surface area contributed by atoms with E-state index in [0.717, 1.165) is 21.6 Å². The molecule has 0 aromatic heterocycles. The summed E-state index contributed by atoms with van der Waals surface area (Å²) >= 11 is 3.54. The monoisotopic (exact) mass is 268 g/mol. The molecular weight excluding hydrogens is 252 g/mol. The van der Waals surface area contributed by atoms with E-state index in [4.69, 9.17) is 5.73 Å². The molecule has 2 nitrogen and oxygen atoms in total. The van der Waals surface area contributed by atoms with Crippen molar-refractivity contribution in [2.75, 3.05) is 11.1 Å². The van der Waals surface area contributed by atoms with E-state index in [2.05, 4.69) is 34.2 Å². The SMILES string of the molecule is CCC1CC1Nc1cc(C)c(N)cc1Br. The number of nitrogens with one attached hydrogen (secondary N) is 1. The predicted octanol–water partition coefficient (Wildman–Crippen LogP) is 3.55. The second-order valence-corrected chi connectivity index (χ2v) is 5.20. The van der Waals surface area contributed by atoms with Gasteiger partial charge >= 0.3 is 0 Å². The van der Waals surface area contributed by atoms with Crippen LogP contribution in [0.5, 0.6) is 0 Å². The zero-order valence-corrected chi connectivity index (χ0v) is 10.8. The number of hydrogen-bond acceptors (Lipinski definition) is 2. The Morgan fingerprint density at radius 2 is 2.27 bits per heavy atom. The Morgan fingerprint density at radius 3 is 2.87 bits per heavy atom. The van der Waals surface area contributed by atoms with Crippen LogP contribution >= 0.6 is 15.9 Å². The molecule has 1 aromatic rings. The van der Waals surface area contributed by atoms with Gasteiger partial charge in [-0.15, -0.1) is 0 Å². The van der Waals surface area contributed by atoms with Crippen molar-refractivity contribution in [3.8, 4) is 0 Å². The van der Waals surface area contributed by atoms with E-state index in [-0.39, 0.29) is 0 Å². The second kappa shape index (κ2) is 4.05. The number of benzene rings is 1. The molecule has 1 aliphatic carbocycles. The average molecular weight is 269 g/mol. The average Bonchev–Trinajstić information content (AvgIpc) is 2.93. The van der Waals surface area contributed by atoms with Crippen molar-refractivity contribution in [1.29, 1.82) is 0 Å². The second-order valence-electron chi connectivity index (χ2n) is 4.34. The number of hydrogen-bond donors (Lipinski definition) is 2. The summed E-state index contributed by atoms with van der Waals surface area (Å²) in [5, 5.41) is 3.55. The fourth-order valence-corrected chi connectivity index (χ4v) is 2.36. The summed E-state index contributed by atoms with van der Waals surface area (Å²) in [5.41, 5.74) is 8.98. The first-order valence-electron chi connectivity index (χ1n) is 5.44. The van der Waals surface area contributed by atoms with E-state index in [1.807, 2.05) is 13.0 Å². The smallest absolute Gasteiger partial charge is 0.0491 e. The summed E-state index contributed by atoms with van der Waals surface area (Å²) in [7, 11) is 0. The van der Waals surface area contributed by atoms with Crippen molar-refractivity contribution in [3.05, 3.63) is 22.2 Å². The van der Waals surface area contributed by atoms with Crippen LogP contribution in [0.2, 0.25) is 0 Å². The molecule has 2 atom stereocenters. The fraction of sp³-hybridized carbons (Fsp3) is 0.500. The van der Waals surface area contributed by atoms with Gasteiger partial charge in [-0.25, -0.2) is 0 Å². The predicted molar refractivity (Wildman–Crippen MR) is 69.1 cm³/mol. The van der Waals surface area contributed by atoms with Crippen LogP contribution in [-0.4, -0.2) is 6.04 Å². The summed E-state index contributed by atoms with van der Waals surface area (Å²) in [6, 6.07) is 4.75. The zero-order valence-electron chi connectivity index (χ0n) is 9.18. The summed E-state index contributed by atoms with van der Waals surface area (Å²) < 4.78 is 1.06. The molecule has 0 radical (unpaired) electrons. The Morgan fingerprint density at radius 1 is 1.53 bits per heavy atom. The van der Waals surface area contributed by atoms with Crippen LogP contribution in [0.15, 0.2) is 16.6 Å². The molecule has 2 unspecified atom stereocenters. The van der Waals surface area contributed by atoms with Gasteiger partial charge in [0.15, 0.2) is 0 Å². The first kappa shape index (κ1) is 10.8. The van der Waals surface area contributed by atoms with Gasteiger partial charge in [-0.05, 0) is 52.9 Å². The molecule has 0 spiro atoms.